The Labute approximate surface area is 156 Å². The van der Waals surface area contributed by atoms with E-state index >= 15 is 0 Å². The van der Waals surface area contributed by atoms with Gasteiger partial charge in [-0.1, -0.05) is 13.8 Å². The van der Waals surface area contributed by atoms with Crippen molar-refractivity contribution in [2.75, 3.05) is 20.2 Å². The zero-order valence-corrected chi connectivity index (χ0v) is 16.4. The minimum absolute atomic E-state index is 0. The maximum atomic E-state index is 12.9. The lowest BCUT2D eigenvalue weighted by atomic mass is 9.58. The van der Waals surface area contributed by atoms with Crippen molar-refractivity contribution in [3.05, 3.63) is 18.0 Å². The summed E-state index contributed by atoms with van der Waals surface area (Å²) in [6.45, 7) is 5.96. The molecule has 142 valence electrons. The molecule has 2 fully saturated rings. The van der Waals surface area contributed by atoms with Gasteiger partial charge in [-0.05, 0) is 24.8 Å². The Morgan fingerprint density at radius 2 is 2.16 bits per heavy atom. The predicted molar refractivity (Wildman–Crippen MR) is 99.9 cm³/mol. The first kappa shape index (κ1) is 20.2. The number of methoxy groups -OCH3 is 1. The summed E-state index contributed by atoms with van der Waals surface area (Å²) >= 11 is 0. The average Bonchev–Trinajstić information content (AvgIpc) is 3.20. The molecule has 25 heavy (non-hydrogen) atoms. The van der Waals surface area contributed by atoms with E-state index in [-0.39, 0.29) is 47.7 Å². The first-order valence-electron chi connectivity index (χ1n) is 9.08. The number of nitrogens with one attached hydrogen (secondary N) is 2. The van der Waals surface area contributed by atoms with E-state index in [2.05, 4.69) is 29.6 Å². The molecular formula is C18H31ClN4O2. The molecule has 1 aromatic rings. The van der Waals surface area contributed by atoms with Crippen molar-refractivity contribution in [1.29, 1.82) is 0 Å². The number of ether oxygens (including phenoxy) is 1. The Bertz CT molecular complexity index is 587. The highest BCUT2D eigenvalue weighted by Gasteiger charge is 2.54. The summed E-state index contributed by atoms with van der Waals surface area (Å²) in [6.07, 6.45) is 7.13. The van der Waals surface area contributed by atoms with Crippen molar-refractivity contribution >= 4 is 18.3 Å². The van der Waals surface area contributed by atoms with Crippen molar-refractivity contribution in [3.8, 4) is 0 Å². The molecule has 1 amide bonds. The van der Waals surface area contributed by atoms with Crippen molar-refractivity contribution < 1.29 is 9.53 Å². The molecule has 1 saturated heterocycles. The minimum atomic E-state index is -0.0257. The van der Waals surface area contributed by atoms with Crippen LogP contribution in [-0.4, -0.2) is 48.0 Å². The molecule has 3 rings (SSSR count). The third-order valence-electron chi connectivity index (χ3n) is 6.41. The van der Waals surface area contributed by atoms with Crippen LogP contribution in [0.2, 0.25) is 0 Å². The van der Waals surface area contributed by atoms with E-state index in [1.54, 1.807) is 11.8 Å². The summed E-state index contributed by atoms with van der Waals surface area (Å²) in [6, 6.07) is 0.222. The number of amides is 1. The number of rotatable bonds is 6. The van der Waals surface area contributed by atoms with Crippen LogP contribution < -0.4 is 10.6 Å². The van der Waals surface area contributed by atoms with Crippen LogP contribution in [0.4, 0.5) is 0 Å². The van der Waals surface area contributed by atoms with Gasteiger partial charge in [0.15, 0.2) is 0 Å². The molecule has 1 aromatic heterocycles. The SMILES string of the molecule is CCC1(CC)C(NC(=O)[C@H]2CNC[C@@H]2c2cnn(C)c2)CC1OC.Cl. The summed E-state index contributed by atoms with van der Waals surface area (Å²) in [5, 5.41) is 11.0. The van der Waals surface area contributed by atoms with Crippen LogP contribution in [0.5, 0.6) is 0 Å². The Morgan fingerprint density at radius 1 is 1.44 bits per heavy atom. The van der Waals surface area contributed by atoms with Crippen LogP contribution in [0.25, 0.3) is 0 Å². The molecule has 7 heteroatoms. The first-order chi connectivity index (χ1) is 11.6. The number of aryl methyl sites for hydroxylation is 1. The highest BCUT2D eigenvalue weighted by Crippen LogP contribution is 2.48. The smallest absolute Gasteiger partial charge is 0.225 e. The first-order valence-corrected chi connectivity index (χ1v) is 9.08. The maximum Gasteiger partial charge on any atom is 0.225 e. The van der Waals surface area contributed by atoms with Crippen LogP contribution in [-0.2, 0) is 16.6 Å². The number of aromatic nitrogens is 2. The summed E-state index contributed by atoms with van der Waals surface area (Å²) in [5.41, 5.74) is 1.23. The van der Waals surface area contributed by atoms with E-state index in [9.17, 15) is 4.79 Å². The number of hydrogen-bond donors (Lipinski definition) is 2. The van der Waals surface area contributed by atoms with Crippen LogP contribution in [0.1, 0.15) is 44.6 Å². The van der Waals surface area contributed by atoms with Gasteiger partial charge in [0, 0.05) is 50.8 Å². The number of nitrogens with zero attached hydrogens (tertiary/aromatic N) is 2. The van der Waals surface area contributed by atoms with Gasteiger partial charge in [0.05, 0.1) is 18.2 Å². The van der Waals surface area contributed by atoms with Crippen LogP contribution in [0.15, 0.2) is 12.4 Å². The molecule has 0 aromatic carbocycles. The molecule has 1 aliphatic carbocycles. The molecule has 0 radical (unpaired) electrons. The molecule has 2 N–H and O–H groups in total. The lowest BCUT2D eigenvalue weighted by Crippen LogP contribution is -2.64. The standard InChI is InChI=1S/C18H30N4O2.ClH/c1-5-18(6-2)15(7-16(18)24-4)21-17(23)14-10-19-9-13(14)12-8-20-22(3)11-12;/h8,11,13-16,19H,5-7,9-10H2,1-4H3,(H,21,23);1H/t13-,14+,15?,16?;/m1./s1. The highest BCUT2D eigenvalue weighted by atomic mass is 35.5. The molecular weight excluding hydrogens is 340 g/mol. The normalized spacial score (nSPS) is 30.4. The van der Waals surface area contributed by atoms with Gasteiger partial charge >= 0.3 is 0 Å². The molecule has 2 unspecified atom stereocenters. The van der Waals surface area contributed by atoms with E-state index in [1.807, 2.05) is 19.4 Å². The molecule has 2 aliphatic rings. The second-order valence-corrected chi connectivity index (χ2v) is 7.28. The molecule has 1 saturated carbocycles. The molecule has 2 heterocycles. The van der Waals surface area contributed by atoms with E-state index in [4.69, 9.17) is 4.74 Å². The van der Waals surface area contributed by atoms with Crippen LogP contribution >= 0.6 is 12.4 Å². The van der Waals surface area contributed by atoms with Crippen LogP contribution in [0, 0.1) is 11.3 Å². The third-order valence-corrected chi connectivity index (χ3v) is 6.41. The molecule has 0 spiro atoms. The Hall–Kier alpha value is -1.11. The lowest BCUT2D eigenvalue weighted by Gasteiger charge is -2.55. The van der Waals surface area contributed by atoms with E-state index in [1.165, 1.54) is 0 Å². The summed E-state index contributed by atoms with van der Waals surface area (Å²) in [4.78, 5) is 12.9. The summed E-state index contributed by atoms with van der Waals surface area (Å²) in [7, 11) is 3.69. The second-order valence-electron chi connectivity index (χ2n) is 7.28. The lowest BCUT2D eigenvalue weighted by molar-refractivity contribution is -0.143. The van der Waals surface area contributed by atoms with E-state index < -0.39 is 0 Å². The van der Waals surface area contributed by atoms with Gasteiger partial charge in [-0.25, -0.2) is 0 Å². The number of carbonyl (C=O) groups is 1. The van der Waals surface area contributed by atoms with Gasteiger partial charge < -0.3 is 15.4 Å². The summed E-state index contributed by atoms with van der Waals surface area (Å²) < 4.78 is 7.44. The molecule has 6 nitrogen and oxygen atoms in total. The van der Waals surface area contributed by atoms with Crippen molar-refractivity contribution in [3.63, 3.8) is 0 Å². The second kappa shape index (κ2) is 8.06. The van der Waals surface area contributed by atoms with E-state index in [0.717, 1.165) is 37.9 Å². The number of carbonyl (C=O) groups excluding carboxylic acids is 1. The van der Waals surface area contributed by atoms with Crippen molar-refractivity contribution in [2.45, 2.75) is 51.2 Å². The maximum absolute atomic E-state index is 12.9. The number of hydrogen-bond acceptors (Lipinski definition) is 4. The number of halogens is 1. The fourth-order valence-electron chi connectivity index (χ4n) is 4.69. The topological polar surface area (TPSA) is 68.2 Å². The molecule has 1 aliphatic heterocycles. The van der Waals surface area contributed by atoms with Crippen molar-refractivity contribution in [1.82, 2.24) is 20.4 Å². The Kier molecular flexibility index (Phi) is 6.51. The largest absolute Gasteiger partial charge is 0.381 e. The van der Waals surface area contributed by atoms with Gasteiger partial charge in [0.1, 0.15) is 0 Å². The summed E-state index contributed by atoms with van der Waals surface area (Å²) in [5.74, 6) is 0.344. The Balaban J connectivity index is 0.00000225. The molecule has 4 atom stereocenters. The quantitative estimate of drug-likeness (QED) is 0.802. The molecule has 0 bridgehead atoms. The Morgan fingerprint density at radius 3 is 2.72 bits per heavy atom. The van der Waals surface area contributed by atoms with Gasteiger partial charge in [-0.2, -0.15) is 5.10 Å². The fourth-order valence-corrected chi connectivity index (χ4v) is 4.69. The van der Waals surface area contributed by atoms with Gasteiger partial charge in [0.2, 0.25) is 5.91 Å². The minimum Gasteiger partial charge on any atom is -0.381 e. The van der Waals surface area contributed by atoms with Gasteiger partial charge in [-0.15, -0.1) is 12.4 Å². The van der Waals surface area contributed by atoms with Crippen molar-refractivity contribution in [2.24, 2.45) is 18.4 Å². The zero-order chi connectivity index (χ0) is 17.3. The van der Waals surface area contributed by atoms with Gasteiger partial charge in [0.25, 0.3) is 0 Å². The van der Waals surface area contributed by atoms with Crippen LogP contribution in [0.3, 0.4) is 0 Å². The van der Waals surface area contributed by atoms with E-state index in [0.29, 0.717) is 0 Å². The average molecular weight is 371 g/mol. The van der Waals surface area contributed by atoms with Gasteiger partial charge in [-0.3, -0.25) is 9.48 Å². The monoisotopic (exact) mass is 370 g/mol. The zero-order valence-electron chi connectivity index (χ0n) is 15.6. The third kappa shape index (κ3) is 3.44. The fraction of sp³-hybridized carbons (Fsp3) is 0.778. The highest BCUT2D eigenvalue weighted by molar-refractivity contribution is 5.85. The predicted octanol–water partition coefficient (Wildman–Crippen LogP) is 1.85.